The number of halogens is 3. The number of nitrogen functional groups attached to an aromatic ring is 2. The molecule has 382 valence electrons. The summed E-state index contributed by atoms with van der Waals surface area (Å²) >= 11 is 0. The SMILES string of the molecule is C=CC(=O)N1CCC[C@@H](n2nc(-c3ccc(CN(OC(C=C)N4CCC[C@@H](n5nc(-c6ccc(CNC(=O)c7ccc(F)cc7F)cc6)c6c(N)ncnc65)C4)C(=O)c4ccccc4F)cc3)c3c(N)ncnc32)C1. The number of hydrogen-bond donors (Lipinski definition) is 3. The Morgan fingerprint density at radius 1 is 0.733 bits per heavy atom. The highest BCUT2D eigenvalue weighted by Crippen LogP contribution is 2.36. The number of nitrogens with zero attached hydrogens (tertiary/aromatic N) is 11. The van der Waals surface area contributed by atoms with E-state index in [0.717, 1.165) is 30.0 Å². The van der Waals surface area contributed by atoms with Gasteiger partial charge in [0.05, 0.1) is 40.5 Å². The van der Waals surface area contributed by atoms with Gasteiger partial charge in [-0.3, -0.25) is 19.3 Å². The van der Waals surface area contributed by atoms with Gasteiger partial charge in [-0.2, -0.15) is 10.2 Å². The van der Waals surface area contributed by atoms with Crippen LogP contribution in [0.5, 0.6) is 0 Å². The number of anilines is 2. The number of amides is 3. The number of carbonyl (C=O) groups is 3. The van der Waals surface area contributed by atoms with Gasteiger partial charge in [-0.25, -0.2) is 52.4 Å². The van der Waals surface area contributed by atoms with Crippen LogP contribution in [0.3, 0.4) is 0 Å². The predicted molar refractivity (Wildman–Crippen MR) is 274 cm³/mol. The largest absolute Gasteiger partial charge is 0.383 e. The Hall–Kier alpha value is -8.82. The van der Waals surface area contributed by atoms with E-state index in [9.17, 15) is 23.2 Å². The zero-order chi connectivity index (χ0) is 52.3. The van der Waals surface area contributed by atoms with Gasteiger partial charge in [0.15, 0.2) is 17.5 Å². The fourth-order valence-electron chi connectivity index (χ4n) is 9.78. The van der Waals surface area contributed by atoms with E-state index in [1.54, 1.807) is 29.2 Å². The van der Waals surface area contributed by atoms with Crippen LogP contribution in [0, 0.1) is 17.5 Å². The number of nitrogens with one attached hydrogen (secondary N) is 1. The number of nitrogens with two attached hydrogens (primary N) is 2. The van der Waals surface area contributed by atoms with Gasteiger partial charge in [-0.15, -0.1) is 0 Å². The normalized spacial score (nSPS) is 16.4. The minimum atomic E-state index is -0.957. The van der Waals surface area contributed by atoms with E-state index in [1.165, 1.54) is 36.9 Å². The zero-order valence-corrected chi connectivity index (χ0v) is 40.5. The van der Waals surface area contributed by atoms with Crippen molar-refractivity contribution in [3.8, 4) is 22.5 Å². The molecule has 6 heterocycles. The molecule has 3 amide bonds. The van der Waals surface area contributed by atoms with Crippen LogP contribution in [-0.4, -0.2) is 104 Å². The van der Waals surface area contributed by atoms with Crippen molar-refractivity contribution in [2.45, 2.75) is 57.1 Å². The van der Waals surface area contributed by atoms with Crippen molar-refractivity contribution in [3.05, 3.63) is 169 Å². The third-order valence-corrected chi connectivity index (χ3v) is 13.6. The Kier molecular flexibility index (Phi) is 14.2. The molecule has 10 rings (SSSR count). The summed E-state index contributed by atoms with van der Waals surface area (Å²) in [4.78, 5) is 67.6. The summed E-state index contributed by atoms with van der Waals surface area (Å²) in [7, 11) is 0. The highest BCUT2D eigenvalue weighted by molar-refractivity contribution is 5.99. The van der Waals surface area contributed by atoms with Crippen LogP contribution in [0.1, 0.15) is 69.6 Å². The fraction of sp³-hybridized carbons (Fsp3) is 0.241. The molecule has 0 saturated carbocycles. The fourth-order valence-corrected chi connectivity index (χ4v) is 9.78. The summed E-state index contributed by atoms with van der Waals surface area (Å²) in [5.74, 6) is -3.50. The van der Waals surface area contributed by atoms with E-state index in [2.05, 4.69) is 38.4 Å². The molecule has 0 bridgehead atoms. The topological polar surface area (TPSA) is 221 Å². The molecule has 4 aromatic carbocycles. The first kappa shape index (κ1) is 49.7. The van der Waals surface area contributed by atoms with Gasteiger partial charge in [0.2, 0.25) is 5.91 Å². The van der Waals surface area contributed by atoms with Crippen molar-refractivity contribution in [2.24, 2.45) is 0 Å². The second-order valence-electron chi connectivity index (χ2n) is 18.3. The second-order valence-corrected chi connectivity index (χ2v) is 18.3. The van der Waals surface area contributed by atoms with Crippen molar-refractivity contribution in [1.82, 2.24) is 59.7 Å². The van der Waals surface area contributed by atoms with Gasteiger partial charge in [0, 0.05) is 49.9 Å². The standard InChI is InChI=1S/C54H51F3N14O4/c1-3-43(72)67-23-7-9-37(28-67)70-51-46(50(59)61-30-63-51)48(65-70)35-19-15-33(16-20-35)27-69(54(74)40-11-5-6-12-41(40)56)75-44(4-2)68-24-8-10-38(29-68)71-52-45(49(58)62-31-64-52)47(66-71)34-17-13-32(14-18-34)26-60-53(73)39-22-21-36(55)25-42(39)57/h3-6,11-22,25,30-31,37-38,44H,1-2,7-10,23-24,26-29H2,(H,60,73)(H2,58,62,64)(H2,59,61,63)/t37-,38-,44?/m1/s1. The van der Waals surface area contributed by atoms with E-state index in [0.29, 0.717) is 101 Å². The molecular weight excluding hydrogens is 966 g/mol. The van der Waals surface area contributed by atoms with Crippen molar-refractivity contribution in [2.75, 3.05) is 37.6 Å². The zero-order valence-electron chi connectivity index (χ0n) is 40.5. The lowest BCUT2D eigenvalue weighted by Crippen LogP contribution is -2.47. The summed E-state index contributed by atoms with van der Waals surface area (Å²) in [5, 5.41) is 15.0. The lowest BCUT2D eigenvalue weighted by molar-refractivity contribution is -0.202. The summed E-state index contributed by atoms with van der Waals surface area (Å²) in [6, 6.07) is 22.7. The van der Waals surface area contributed by atoms with E-state index in [1.807, 2.05) is 50.7 Å². The second kappa shape index (κ2) is 21.3. The Morgan fingerprint density at radius 2 is 1.33 bits per heavy atom. The Labute approximate surface area is 428 Å². The van der Waals surface area contributed by atoms with Crippen LogP contribution in [0.15, 0.2) is 129 Å². The van der Waals surface area contributed by atoms with Crippen LogP contribution in [0.4, 0.5) is 24.8 Å². The van der Waals surface area contributed by atoms with Gasteiger partial charge in [0.1, 0.15) is 53.1 Å². The quantitative estimate of drug-likeness (QED) is 0.0513. The summed E-state index contributed by atoms with van der Waals surface area (Å²) < 4.78 is 46.7. The van der Waals surface area contributed by atoms with Gasteiger partial charge in [-0.05, 0) is 73.2 Å². The summed E-state index contributed by atoms with van der Waals surface area (Å²) in [6.07, 6.45) is 7.77. The molecule has 4 aromatic heterocycles. The van der Waals surface area contributed by atoms with Gasteiger partial charge in [0.25, 0.3) is 11.8 Å². The molecule has 1 unspecified atom stereocenters. The molecule has 2 fully saturated rings. The average Bonchev–Trinajstić information content (AvgIpc) is 4.04. The van der Waals surface area contributed by atoms with Crippen LogP contribution < -0.4 is 16.8 Å². The number of rotatable bonds is 15. The first-order valence-corrected chi connectivity index (χ1v) is 24.3. The molecule has 5 N–H and O–H groups in total. The maximum atomic E-state index is 15.4. The van der Waals surface area contributed by atoms with Crippen LogP contribution in [0.2, 0.25) is 0 Å². The van der Waals surface area contributed by atoms with Crippen LogP contribution in [0.25, 0.3) is 44.6 Å². The maximum Gasteiger partial charge on any atom is 0.280 e. The third kappa shape index (κ3) is 10.1. The Balaban J connectivity index is 0.883. The van der Waals surface area contributed by atoms with Crippen molar-refractivity contribution < 1.29 is 32.4 Å². The van der Waals surface area contributed by atoms with E-state index >= 15 is 4.39 Å². The first-order valence-electron chi connectivity index (χ1n) is 24.3. The number of aromatic nitrogens is 8. The van der Waals surface area contributed by atoms with Gasteiger partial charge in [-0.1, -0.05) is 73.8 Å². The molecular formula is C54H51F3N14O4. The number of likely N-dealkylation sites (tertiary alicyclic amines) is 2. The number of hydrogen-bond acceptors (Lipinski definition) is 13. The van der Waals surface area contributed by atoms with Crippen LogP contribution in [-0.2, 0) is 22.7 Å². The van der Waals surface area contributed by atoms with Gasteiger partial charge >= 0.3 is 0 Å². The molecule has 0 aliphatic carbocycles. The lowest BCUT2D eigenvalue weighted by atomic mass is 10.1. The minimum absolute atomic E-state index is 0.0773. The molecule has 2 saturated heterocycles. The molecule has 18 nitrogen and oxygen atoms in total. The minimum Gasteiger partial charge on any atom is -0.383 e. The average molecular weight is 1020 g/mol. The maximum absolute atomic E-state index is 15.4. The monoisotopic (exact) mass is 1020 g/mol. The number of piperidine rings is 2. The molecule has 0 radical (unpaired) electrons. The molecule has 8 aromatic rings. The van der Waals surface area contributed by atoms with Crippen molar-refractivity contribution >= 4 is 51.4 Å². The van der Waals surface area contributed by atoms with Crippen LogP contribution >= 0.6 is 0 Å². The predicted octanol–water partition coefficient (Wildman–Crippen LogP) is 7.58. The highest BCUT2D eigenvalue weighted by atomic mass is 19.1. The van der Waals surface area contributed by atoms with Gasteiger partial charge < -0.3 is 21.7 Å². The highest BCUT2D eigenvalue weighted by Gasteiger charge is 2.33. The molecule has 75 heavy (non-hydrogen) atoms. The Bertz CT molecular complexity index is 3480. The number of fused-ring (bicyclic) bond motifs is 2. The Morgan fingerprint density at radius 3 is 1.93 bits per heavy atom. The third-order valence-electron chi connectivity index (χ3n) is 13.6. The molecule has 3 atom stereocenters. The van der Waals surface area contributed by atoms with E-state index in [4.69, 9.17) is 26.5 Å². The number of carbonyl (C=O) groups excluding carboxylic acids is 3. The molecule has 2 aliphatic rings. The summed E-state index contributed by atoms with van der Waals surface area (Å²) in [5.41, 5.74) is 17.4. The van der Waals surface area contributed by atoms with Crippen molar-refractivity contribution in [3.63, 3.8) is 0 Å². The smallest absolute Gasteiger partial charge is 0.280 e. The van der Waals surface area contributed by atoms with E-state index in [-0.39, 0.29) is 53.8 Å². The summed E-state index contributed by atoms with van der Waals surface area (Å²) in [6.45, 7) is 9.74. The van der Waals surface area contributed by atoms with E-state index < -0.39 is 35.5 Å². The number of hydroxylamine groups is 2. The molecule has 2 aliphatic heterocycles. The molecule has 0 spiro atoms. The molecule has 21 heteroatoms. The lowest BCUT2D eigenvalue weighted by Gasteiger charge is -2.38. The first-order chi connectivity index (χ1) is 36.4. The number of benzene rings is 4. The van der Waals surface area contributed by atoms with Crippen molar-refractivity contribution in [1.29, 1.82) is 0 Å².